The quantitative estimate of drug-likeness (QED) is 0.0537. The van der Waals surface area contributed by atoms with E-state index >= 15 is 0 Å². The number of hydrogen-bond donors (Lipinski definition) is 4. The Labute approximate surface area is 457 Å². The lowest BCUT2D eigenvalue weighted by atomic mass is 9.87. The van der Waals surface area contributed by atoms with E-state index in [1.807, 2.05) is 26.0 Å². The van der Waals surface area contributed by atoms with E-state index in [0.29, 0.717) is 90.6 Å². The first kappa shape index (κ1) is 55.8. The van der Waals surface area contributed by atoms with Crippen LogP contribution in [0.4, 0.5) is 21.8 Å². The molecule has 3 unspecified atom stereocenters. The number of piperidine rings is 1. The maximum Gasteiger partial charge on any atom is 0.255 e. The van der Waals surface area contributed by atoms with E-state index in [1.54, 1.807) is 68.3 Å². The molecule has 0 spiro atoms. The first-order valence-electron chi connectivity index (χ1n) is 26.5. The number of H-pyrrole nitrogens is 1. The number of nitrogens with one attached hydrogen (secondary N) is 4. The van der Waals surface area contributed by atoms with Gasteiger partial charge in [-0.2, -0.15) is 5.10 Å². The molecule has 6 aromatic rings. The molecule has 3 amide bonds. The lowest BCUT2D eigenvalue weighted by Gasteiger charge is -2.38. The molecule has 3 aliphatic rings. The molecule has 414 valence electrons. The van der Waals surface area contributed by atoms with Crippen molar-refractivity contribution in [2.24, 2.45) is 5.92 Å². The van der Waals surface area contributed by atoms with E-state index in [-0.39, 0.29) is 51.8 Å². The topological polar surface area (TPSA) is 241 Å². The van der Waals surface area contributed by atoms with E-state index in [1.165, 1.54) is 41.9 Å². The molecule has 0 radical (unpaired) electrons. The fourth-order valence-electron chi connectivity index (χ4n) is 10.1. The number of halogens is 1. The van der Waals surface area contributed by atoms with Crippen LogP contribution < -0.4 is 25.6 Å². The largest absolute Gasteiger partial charge is 0.492 e. The smallest absolute Gasteiger partial charge is 0.255 e. The van der Waals surface area contributed by atoms with Crippen molar-refractivity contribution in [2.45, 2.75) is 101 Å². The summed E-state index contributed by atoms with van der Waals surface area (Å²) in [4.78, 5) is 81.4. The van der Waals surface area contributed by atoms with Gasteiger partial charge in [0.2, 0.25) is 17.6 Å². The molecular formula is C55H68FN13O7S2. The van der Waals surface area contributed by atoms with Crippen molar-refractivity contribution in [3.05, 3.63) is 105 Å². The van der Waals surface area contributed by atoms with Crippen molar-refractivity contribution in [3.63, 3.8) is 0 Å². The third-order valence-corrected chi connectivity index (χ3v) is 18.7. The van der Waals surface area contributed by atoms with Gasteiger partial charge in [0.25, 0.3) is 5.91 Å². The molecule has 7 heterocycles. The summed E-state index contributed by atoms with van der Waals surface area (Å²) in [6.07, 6.45) is 6.08. The molecule has 9 rings (SSSR count). The number of fused-ring (bicyclic) bond motifs is 1. The van der Waals surface area contributed by atoms with Gasteiger partial charge in [0.15, 0.2) is 15.7 Å². The number of hydrogen-bond acceptors (Lipinski definition) is 17. The van der Waals surface area contributed by atoms with Crippen molar-refractivity contribution < 1.29 is 36.7 Å². The first-order valence-corrected chi connectivity index (χ1v) is 28.9. The number of likely N-dealkylation sites (N-methyl/N-ethyl adjacent to an activating group) is 1. The standard InChI is InChI=1S/C55H68FN13O7S2/c1-33-34(2)64-65-49(33)63-50-40-28-45(78(74,75)55(4,5)6)44(29-41(40)59-32-60-50)76-27-9-19-66-23-25-67(26-24-66)46-16-13-38(30-58-46)53(72)68-21-17-36(18-22-68)47(62-51(71)35(3)57-7)54(73)69-20-8-10-43(69)52-61-42(31-77-52)48(70)37-11-14-39(56)15-12-37/h11-16,28-32,35-36,43,47,57H,8-10,17-27H2,1-7H3,(H,62,71)(H2,59,60,63,64,65). The van der Waals surface area contributed by atoms with Crippen LogP contribution in [0.25, 0.3) is 10.9 Å². The molecule has 4 N–H and O–H groups in total. The van der Waals surface area contributed by atoms with E-state index in [4.69, 9.17) is 9.72 Å². The van der Waals surface area contributed by atoms with Gasteiger partial charge >= 0.3 is 0 Å². The monoisotopic (exact) mass is 1110 g/mol. The minimum absolute atomic E-state index is 0.0756. The number of rotatable bonds is 18. The summed E-state index contributed by atoms with van der Waals surface area (Å²) >= 11 is 1.31. The summed E-state index contributed by atoms with van der Waals surface area (Å²) in [5.41, 5.74) is 3.37. The summed E-state index contributed by atoms with van der Waals surface area (Å²) in [6, 6.07) is 10.5. The molecule has 3 aliphatic heterocycles. The van der Waals surface area contributed by atoms with Gasteiger partial charge in [-0.3, -0.25) is 29.2 Å². The van der Waals surface area contributed by atoms with Crippen molar-refractivity contribution in [1.82, 2.24) is 55.5 Å². The van der Waals surface area contributed by atoms with Crippen molar-refractivity contribution in [2.75, 3.05) is 76.2 Å². The first-order chi connectivity index (χ1) is 37.3. The van der Waals surface area contributed by atoms with Crippen LogP contribution in [-0.4, -0.2) is 160 Å². The van der Waals surface area contributed by atoms with E-state index in [9.17, 15) is 32.0 Å². The Kier molecular flexibility index (Phi) is 16.9. The average molecular weight is 1110 g/mol. The third-order valence-electron chi connectivity index (χ3n) is 15.2. The van der Waals surface area contributed by atoms with Gasteiger partial charge in [0, 0.05) is 92.2 Å². The number of benzene rings is 2. The van der Waals surface area contributed by atoms with Crippen LogP contribution >= 0.6 is 11.3 Å². The zero-order chi connectivity index (χ0) is 55.5. The lowest BCUT2D eigenvalue weighted by molar-refractivity contribution is -0.139. The summed E-state index contributed by atoms with van der Waals surface area (Å²) < 4.78 is 46.7. The molecule has 3 saturated heterocycles. The van der Waals surface area contributed by atoms with E-state index in [2.05, 4.69) is 50.9 Å². The highest BCUT2D eigenvalue weighted by Gasteiger charge is 2.42. The zero-order valence-corrected chi connectivity index (χ0v) is 46.8. The Morgan fingerprint density at radius 1 is 0.910 bits per heavy atom. The van der Waals surface area contributed by atoms with Gasteiger partial charge in [-0.15, -0.1) is 11.3 Å². The minimum Gasteiger partial charge on any atom is -0.492 e. The molecule has 3 atom stereocenters. The van der Waals surface area contributed by atoms with Crippen molar-refractivity contribution in [3.8, 4) is 5.75 Å². The predicted molar refractivity (Wildman–Crippen MR) is 296 cm³/mol. The van der Waals surface area contributed by atoms with Crippen molar-refractivity contribution >= 4 is 73.0 Å². The Morgan fingerprint density at radius 3 is 2.31 bits per heavy atom. The number of ether oxygens (including phenoxy) is 1. The highest BCUT2D eigenvalue weighted by Crippen LogP contribution is 2.39. The molecule has 78 heavy (non-hydrogen) atoms. The number of nitrogens with zero attached hydrogens (tertiary/aromatic N) is 9. The Hall–Kier alpha value is -6.95. The molecular weight excluding hydrogens is 1040 g/mol. The maximum atomic E-state index is 14.6. The van der Waals surface area contributed by atoms with Gasteiger partial charge in [-0.05, 0) is 129 Å². The van der Waals surface area contributed by atoms with Crippen molar-refractivity contribution in [1.29, 1.82) is 0 Å². The number of aryl methyl sites for hydroxylation is 1. The van der Waals surface area contributed by atoms with Gasteiger partial charge in [-0.25, -0.2) is 32.7 Å². The fraction of sp³-hybridized carbons (Fsp3) is 0.473. The minimum atomic E-state index is -3.84. The summed E-state index contributed by atoms with van der Waals surface area (Å²) in [5, 5.41) is 19.4. The number of anilines is 3. The SMILES string of the molecule is CNC(C)C(=O)NC(C(=O)N1CCCC1c1nc(C(=O)c2ccc(F)cc2)cs1)C1CCN(C(=O)c2ccc(N3CCN(CCCOc4cc5ncnc(Nc6n[nH]c(C)c6C)c5cc4S(=O)(=O)C(C)(C)C)CC3)nc2)CC1. The number of piperazine rings is 1. The number of amides is 3. The Balaban J connectivity index is 0.770. The second kappa shape index (κ2) is 23.6. The predicted octanol–water partition coefficient (Wildman–Crippen LogP) is 6.41. The third kappa shape index (κ3) is 12.0. The highest BCUT2D eigenvalue weighted by atomic mass is 32.2. The number of carbonyl (C=O) groups is 4. The van der Waals surface area contributed by atoms with E-state index < -0.39 is 32.5 Å². The molecule has 23 heteroatoms. The van der Waals surface area contributed by atoms with Crippen LogP contribution in [0.3, 0.4) is 0 Å². The molecule has 20 nitrogen and oxygen atoms in total. The molecule has 3 fully saturated rings. The van der Waals surface area contributed by atoms with Crippen LogP contribution in [0.1, 0.15) is 109 Å². The second-order valence-corrected chi connectivity index (χ2v) is 24.8. The lowest BCUT2D eigenvalue weighted by Crippen LogP contribution is -2.57. The fourth-order valence-corrected chi connectivity index (χ4v) is 12.3. The summed E-state index contributed by atoms with van der Waals surface area (Å²) in [5.74, 6) is 0.370. The van der Waals surface area contributed by atoms with Crippen LogP contribution in [-0.2, 0) is 19.4 Å². The number of ketones is 1. The molecule has 0 saturated carbocycles. The number of pyridine rings is 1. The Morgan fingerprint density at radius 2 is 1.64 bits per heavy atom. The summed E-state index contributed by atoms with van der Waals surface area (Å²) in [6.45, 7) is 15.9. The molecule has 0 aliphatic carbocycles. The number of aromatic nitrogens is 6. The maximum absolute atomic E-state index is 14.6. The average Bonchev–Trinajstić information content (AvgIpc) is 4.26. The van der Waals surface area contributed by atoms with E-state index in [0.717, 1.165) is 56.2 Å². The van der Waals surface area contributed by atoms with Gasteiger partial charge < -0.3 is 35.4 Å². The van der Waals surface area contributed by atoms with Gasteiger partial charge in [-0.1, -0.05) is 0 Å². The molecule has 4 aromatic heterocycles. The number of thiazole rings is 1. The van der Waals surface area contributed by atoms with Crippen LogP contribution in [0, 0.1) is 25.6 Å². The van der Waals surface area contributed by atoms with Crippen LogP contribution in [0.15, 0.2) is 71.3 Å². The second-order valence-electron chi connectivity index (χ2n) is 21.3. The normalized spacial score (nSPS) is 17.5. The van der Waals surface area contributed by atoms with Gasteiger partial charge in [0.1, 0.15) is 51.2 Å². The van der Waals surface area contributed by atoms with Gasteiger partial charge in [0.05, 0.1) is 34.5 Å². The number of aromatic amines is 1. The highest BCUT2D eigenvalue weighted by molar-refractivity contribution is 7.92. The number of carbonyl (C=O) groups excluding carboxylic acids is 4. The number of likely N-dealkylation sites (tertiary alicyclic amines) is 2. The number of sulfone groups is 1. The molecule has 0 bridgehead atoms. The Bertz CT molecular complexity index is 3260. The van der Waals surface area contributed by atoms with Crippen LogP contribution in [0.5, 0.6) is 5.75 Å². The summed E-state index contributed by atoms with van der Waals surface area (Å²) in [7, 11) is -2.15. The zero-order valence-electron chi connectivity index (χ0n) is 45.1. The van der Waals surface area contributed by atoms with Crippen LogP contribution in [0.2, 0.25) is 0 Å². The molecule has 2 aromatic carbocycles.